The van der Waals surface area contributed by atoms with Gasteiger partial charge < -0.3 is 0 Å². The van der Waals surface area contributed by atoms with Crippen LogP contribution in [0.4, 0.5) is 0 Å². The molecular formula is C15H24ClNO2S. The van der Waals surface area contributed by atoms with Crippen LogP contribution in [0.5, 0.6) is 0 Å². The second-order valence-corrected chi connectivity index (χ2v) is 8.67. The lowest BCUT2D eigenvalue weighted by molar-refractivity contribution is 0.393. The molecule has 1 aromatic carbocycles. The Kier molecular flexibility index (Phi) is 5.64. The number of hydrogen-bond acceptors (Lipinski definition) is 2. The van der Waals surface area contributed by atoms with Crippen molar-refractivity contribution in [3.05, 3.63) is 35.9 Å². The number of sulfonamides is 1. The largest absolute Gasteiger partial charge is 0.212 e. The summed E-state index contributed by atoms with van der Waals surface area (Å²) in [7, 11) is -3.37. The van der Waals surface area contributed by atoms with Crippen molar-refractivity contribution >= 4 is 21.6 Å². The summed E-state index contributed by atoms with van der Waals surface area (Å²) >= 11 is 6.01. The highest BCUT2D eigenvalue weighted by Gasteiger charge is 2.31. The molecule has 0 radical (unpaired) electrons. The van der Waals surface area contributed by atoms with E-state index in [0.717, 1.165) is 5.56 Å². The molecule has 3 nitrogen and oxygen atoms in total. The molecule has 1 atom stereocenters. The molecule has 20 heavy (non-hydrogen) atoms. The number of rotatable bonds is 6. The number of alkyl halides is 1. The Labute approximate surface area is 127 Å². The van der Waals surface area contributed by atoms with Crippen molar-refractivity contribution in [2.24, 2.45) is 5.41 Å². The molecule has 0 spiro atoms. The second kappa shape index (κ2) is 6.46. The molecule has 0 fully saturated rings. The van der Waals surface area contributed by atoms with Crippen LogP contribution in [0, 0.1) is 5.41 Å². The van der Waals surface area contributed by atoms with Gasteiger partial charge in [-0.2, -0.15) is 0 Å². The summed E-state index contributed by atoms with van der Waals surface area (Å²) in [4.78, 5) is 0. The van der Waals surface area contributed by atoms with Crippen molar-refractivity contribution in [1.29, 1.82) is 0 Å². The fourth-order valence-electron chi connectivity index (χ4n) is 1.80. The maximum absolute atomic E-state index is 12.3. The molecule has 5 heteroatoms. The molecule has 1 rings (SSSR count). The van der Waals surface area contributed by atoms with Gasteiger partial charge >= 0.3 is 0 Å². The van der Waals surface area contributed by atoms with Crippen LogP contribution < -0.4 is 4.72 Å². The van der Waals surface area contributed by atoms with Gasteiger partial charge in [0, 0.05) is 5.88 Å². The van der Waals surface area contributed by atoms with Crippen LogP contribution >= 0.6 is 11.6 Å². The average Bonchev–Trinajstić information content (AvgIpc) is 2.36. The van der Waals surface area contributed by atoms with Crippen LogP contribution in [-0.4, -0.2) is 20.1 Å². The molecule has 0 heterocycles. The SMILES string of the molecule is CC(C)(C)CCS(=O)(=O)NC(C)(CCl)c1ccccc1. The zero-order valence-corrected chi connectivity index (χ0v) is 14.2. The number of halogens is 1. The van der Waals surface area contributed by atoms with Gasteiger partial charge in [0.1, 0.15) is 0 Å². The lowest BCUT2D eigenvalue weighted by atomic mass is 9.94. The topological polar surface area (TPSA) is 46.2 Å². The van der Waals surface area contributed by atoms with Gasteiger partial charge in [0.25, 0.3) is 0 Å². The third-order valence-electron chi connectivity index (χ3n) is 3.18. The van der Waals surface area contributed by atoms with Crippen molar-refractivity contribution in [1.82, 2.24) is 4.72 Å². The predicted molar refractivity (Wildman–Crippen MR) is 85.5 cm³/mol. The minimum Gasteiger partial charge on any atom is -0.212 e. The monoisotopic (exact) mass is 317 g/mol. The summed E-state index contributed by atoms with van der Waals surface area (Å²) in [6.45, 7) is 7.89. The third kappa shape index (κ3) is 5.43. The van der Waals surface area contributed by atoms with E-state index in [-0.39, 0.29) is 17.0 Å². The van der Waals surface area contributed by atoms with E-state index in [1.54, 1.807) is 0 Å². The van der Waals surface area contributed by atoms with Crippen molar-refractivity contribution in [3.63, 3.8) is 0 Å². The molecule has 0 bridgehead atoms. The fourth-order valence-corrected chi connectivity index (χ4v) is 3.96. The Morgan fingerprint density at radius 3 is 2.10 bits per heavy atom. The van der Waals surface area contributed by atoms with Gasteiger partial charge in [0.05, 0.1) is 11.3 Å². The van der Waals surface area contributed by atoms with E-state index in [1.165, 1.54) is 0 Å². The van der Waals surface area contributed by atoms with Crippen LogP contribution in [0.2, 0.25) is 0 Å². The fraction of sp³-hybridized carbons (Fsp3) is 0.600. The Bertz CT molecular complexity index is 523. The first-order valence-corrected chi connectivity index (χ1v) is 8.90. The molecule has 0 amide bonds. The average molecular weight is 318 g/mol. The van der Waals surface area contributed by atoms with Gasteiger partial charge in [-0.15, -0.1) is 11.6 Å². The van der Waals surface area contributed by atoms with Gasteiger partial charge in [-0.25, -0.2) is 13.1 Å². The summed E-state index contributed by atoms with van der Waals surface area (Å²) in [6, 6.07) is 9.42. The van der Waals surface area contributed by atoms with Crippen molar-refractivity contribution in [3.8, 4) is 0 Å². The minimum atomic E-state index is -3.37. The Morgan fingerprint density at radius 2 is 1.65 bits per heavy atom. The Balaban J connectivity index is 2.88. The smallest absolute Gasteiger partial charge is 0.212 e. The summed E-state index contributed by atoms with van der Waals surface area (Å²) in [5.74, 6) is 0.293. The zero-order valence-electron chi connectivity index (χ0n) is 12.6. The van der Waals surface area contributed by atoms with Crippen LogP contribution in [0.15, 0.2) is 30.3 Å². The van der Waals surface area contributed by atoms with E-state index in [0.29, 0.717) is 6.42 Å². The highest BCUT2D eigenvalue weighted by Crippen LogP contribution is 2.25. The number of nitrogens with one attached hydrogen (secondary N) is 1. The van der Waals surface area contributed by atoms with Gasteiger partial charge in [-0.3, -0.25) is 0 Å². The zero-order chi connectivity index (χ0) is 15.4. The molecule has 0 saturated heterocycles. The molecule has 1 unspecified atom stereocenters. The van der Waals surface area contributed by atoms with Crippen molar-refractivity contribution in [2.45, 2.75) is 39.7 Å². The highest BCUT2D eigenvalue weighted by molar-refractivity contribution is 7.89. The minimum absolute atomic E-state index is 0.0150. The Morgan fingerprint density at radius 1 is 1.10 bits per heavy atom. The molecule has 0 aromatic heterocycles. The molecule has 0 aliphatic heterocycles. The molecule has 0 aliphatic carbocycles. The van der Waals surface area contributed by atoms with Crippen LogP contribution in [-0.2, 0) is 15.6 Å². The molecule has 0 saturated carbocycles. The molecule has 114 valence electrons. The molecule has 1 aromatic rings. The van der Waals surface area contributed by atoms with Gasteiger partial charge in [0.2, 0.25) is 10.0 Å². The van der Waals surface area contributed by atoms with Crippen molar-refractivity contribution in [2.75, 3.05) is 11.6 Å². The van der Waals surface area contributed by atoms with Gasteiger partial charge in [0.15, 0.2) is 0 Å². The highest BCUT2D eigenvalue weighted by atomic mass is 35.5. The number of hydrogen-bond donors (Lipinski definition) is 1. The van der Waals surface area contributed by atoms with E-state index in [1.807, 2.05) is 58.0 Å². The maximum Gasteiger partial charge on any atom is 0.212 e. The normalized spacial score (nSPS) is 15.8. The maximum atomic E-state index is 12.3. The van der Waals surface area contributed by atoms with Crippen LogP contribution in [0.1, 0.15) is 39.7 Å². The first kappa shape index (κ1) is 17.5. The first-order valence-electron chi connectivity index (χ1n) is 6.71. The lowest BCUT2D eigenvalue weighted by Crippen LogP contribution is -2.46. The second-order valence-electron chi connectivity index (χ2n) is 6.56. The van der Waals surface area contributed by atoms with E-state index in [2.05, 4.69) is 4.72 Å². The quantitative estimate of drug-likeness (QED) is 0.816. The molecular weight excluding hydrogens is 294 g/mol. The summed E-state index contributed by atoms with van der Waals surface area (Å²) in [6.07, 6.45) is 0.607. The number of benzene rings is 1. The van der Waals surface area contributed by atoms with E-state index < -0.39 is 15.6 Å². The van der Waals surface area contributed by atoms with Crippen LogP contribution in [0.25, 0.3) is 0 Å². The van der Waals surface area contributed by atoms with E-state index in [9.17, 15) is 8.42 Å². The first-order chi connectivity index (χ1) is 9.08. The molecule has 0 aliphatic rings. The van der Waals surface area contributed by atoms with E-state index in [4.69, 9.17) is 11.6 Å². The van der Waals surface area contributed by atoms with E-state index >= 15 is 0 Å². The van der Waals surface area contributed by atoms with Crippen LogP contribution in [0.3, 0.4) is 0 Å². The third-order valence-corrected chi connectivity index (χ3v) is 5.22. The standard InChI is InChI=1S/C15H24ClNO2S/c1-14(2,3)10-11-20(18,19)17-15(4,12-16)13-8-6-5-7-9-13/h5-9,17H,10-12H2,1-4H3. The Hall–Kier alpha value is -0.580. The summed E-state index contributed by atoms with van der Waals surface area (Å²) < 4.78 is 27.3. The van der Waals surface area contributed by atoms with Crippen molar-refractivity contribution < 1.29 is 8.42 Å². The van der Waals surface area contributed by atoms with Gasteiger partial charge in [-0.1, -0.05) is 51.1 Å². The van der Waals surface area contributed by atoms with Gasteiger partial charge in [-0.05, 0) is 24.3 Å². The summed E-state index contributed by atoms with van der Waals surface area (Å²) in [5, 5.41) is 0. The predicted octanol–water partition coefficient (Wildman–Crippen LogP) is 3.50. The molecule has 1 N–H and O–H groups in total. The lowest BCUT2D eigenvalue weighted by Gasteiger charge is -2.29. The summed E-state index contributed by atoms with van der Waals surface area (Å²) in [5.41, 5.74) is 0.0765.